The van der Waals surface area contributed by atoms with E-state index in [4.69, 9.17) is 14.2 Å². The van der Waals surface area contributed by atoms with Crippen molar-refractivity contribution in [2.75, 3.05) is 40.0 Å². The SMILES string of the molecule is CCOc1cc2c(cc1OCC)[C@@H]1[C@@H](C(=O)NCCCOC)c3ccccc3C(=O)N1CC2. The molecule has 0 radical (unpaired) electrons. The van der Waals surface area contributed by atoms with Crippen molar-refractivity contribution < 1.29 is 23.8 Å². The molecule has 2 atom stereocenters. The number of methoxy groups -OCH3 is 1. The van der Waals surface area contributed by atoms with E-state index in [0.29, 0.717) is 56.4 Å². The highest BCUT2D eigenvalue weighted by Gasteiger charge is 2.46. The van der Waals surface area contributed by atoms with Crippen LogP contribution >= 0.6 is 0 Å². The number of amides is 2. The second-order valence-corrected chi connectivity index (χ2v) is 8.26. The Kier molecular flexibility index (Phi) is 7.18. The molecule has 0 unspecified atom stereocenters. The van der Waals surface area contributed by atoms with Crippen molar-refractivity contribution in [3.63, 3.8) is 0 Å². The number of benzene rings is 2. The molecule has 0 bridgehead atoms. The second kappa shape index (κ2) is 10.3. The van der Waals surface area contributed by atoms with E-state index in [1.54, 1.807) is 7.11 Å². The first-order valence-electron chi connectivity index (χ1n) is 11.7. The van der Waals surface area contributed by atoms with Crippen LogP contribution in [0.15, 0.2) is 36.4 Å². The van der Waals surface area contributed by atoms with Gasteiger partial charge in [-0.15, -0.1) is 0 Å². The second-order valence-electron chi connectivity index (χ2n) is 8.26. The van der Waals surface area contributed by atoms with Crippen LogP contribution < -0.4 is 14.8 Å². The highest BCUT2D eigenvalue weighted by molar-refractivity contribution is 6.01. The summed E-state index contributed by atoms with van der Waals surface area (Å²) in [6, 6.07) is 11.0. The first kappa shape index (κ1) is 23.1. The standard InChI is InChI=1S/C26H32N2O5/c1-4-32-21-15-17-11-13-28-24(20(17)16-22(21)33-5-2)23(25(29)27-12-8-14-31-3)18-9-6-7-10-19(18)26(28)30/h6-7,9-10,15-16,23-24H,4-5,8,11-14H2,1-3H3,(H,27,29)/t23-,24+/m0/s1. The van der Waals surface area contributed by atoms with Gasteiger partial charge in [0.2, 0.25) is 5.91 Å². The molecule has 2 amide bonds. The van der Waals surface area contributed by atoms with Crippen LogP contribution in [0, 0.1) is 0 Å². The fourth-order valence-electron chi connectivity index (χ4n) is 4.89. The number of rotatable bonds is 9. The quantitative estimate of drug-likeness (QED) is 0.590. The van der Waals surface area contributed by atoms with E-state index in [2.05, 4.69) is 5.32 Å². The molecule has 0 saturated carbocycles. The minimum atomic E-state index is -0.507. The predicted octanol–water partition coefficient (Wildman–Crippen LogP) is 3.47. The summed E-state index contributed by atoms with van der Waals surface area (Å²) in [5.41, 5.74) is 3.42. The maximum absolute atomic E-state index is 13.5. The van der Waals surface area contributed by atoms with Crippen LogP contribution in [0.1, 0.15) is 59.3 Å². The van der Waals surface area contributed by atoms with E-state index in [0.717, 1.165) is 23.1 Å². The van der Waals surface area contributed by atoms with E-state index in [-0.39, 0.29) is 11.8 Å². The van der Waals surface area contributed by atoms with Crippen LogP contribution in [-0.2, 0) is 16.0 Å². The van der Waals surface area contributed by atoms with Gasteiger partial charge in [0, 0.05) is 32.4 Å². The van der Waals surface area contributed by atoms with Gasteiger partial charge >= 0.3 is 0 Å². The first-order valence-corrected chi connectivity index (χ1v) is 11.7. The summed E-state index contributed by atoms with van der Waals surface area (Å²) < 4.78 is 16.8. The lowest BCUT2D eigenvalue weighted by Crippen LogP contribution is -2.50. The molecule has 2 aromatic rings. The van der Waals surface area contributed by atoms with Crippen molar-refractivity contribution in [2.24, 2.45) is 0 Å². The maximum atomic E-state index is 13.5. The fourth-order valence-corrected chi connectivity index (χ4v) is 4.89. The zero-order chi connectivity index (χ0) is 23.4. The Hall–Kier alpha value is -3.06. The van der Waals surface area contributed by atoms with E-state index < -0.39 is 12.0 Å². The molecular weight excluding hydrogens is 420 g/mol. The predicted molar refractivity (Wildman–Crippen MR) is 125 cm³/mol. The molecule has 2 heterocycles. The van der Waals surface area contributed by atoms with Crippen molar-refractivity contribution >= 4 is 11.8 Å². The molecule has 2 aromatic carbocycles. The van der Waals surface area contributed by atoms with Gasteiger partial charge in [0.25, 0.3) is 5.91 Å². The Labute approximate surface area is 195 Å². The summed E-state index contributed by atoms with van der Waals surface area (Å²) in [6.45, 7) is 6.56. The molecule has 4 rings (SSSR count). The van der Waals surface area contributed by atoms with Crippen molar-refractivity contribution in [3.05, 3.63) is 58.7 Å². The molecular formula is C26H32N2O5. The molecule has 7 nitrogen and oxygen atoms in total. The number of carbonyl (C=O) groups excluding carboxylic acids is 2. The number of hydrogen-bond donors (Lipinski definition) is 1. The molecule has 0 aromatic heterocycles. The monoisotopic (exact) mass is 452 g/mol. The first-order chi connectivity index (χ1) is 16.1. The summed E-state index contributed by atoms with van der Waals surface area (Å²) >= 11 is 0. The molecule has 0 spiro atoms. The van der Waals surface area contributed by atoms with Crippen molar-refractivity contribution in [1.82, 2.24) is 10.2 Å². The Morgan fingerprint density at radius 2 is 1.82 bits per heavy atom. The number of nitrogens with zero attached hydrogens (tertiary/aromatic N) is 1. The third kappa shape index (κ3) is 4.42. The summed E-state index contributed by atoms with van der Waals surface area (Å²) in [5.74, 6) is 0.727. The minimum absolute atomic E-state index is 0.0310. The summed E-state index contributed by atoms with van der Waals surface area (Å²) in [4.78, 5) is 28.8. The topological polar surface area (TPSA) is 77.1 Å². The van der Waals surface area contributed by atoms with Crippen molar-refractivity contribution in [3.8, 4) is 11.5 Å². The molecule has 2 aliphatic heterocycles. The number of hydrogen-bond acceptors (Lipinski definition) is 5. The molecule has 0 fully saturated rings. The van der Waals surface area contributed by atoms with Gasteiger partial charge in [0.1, 0.15) is 0 Å². The van der Waals surface area contributed by atoms with Gasteiger partial charge in [-0.25, -0.2) is 0 Å². The molecule has 2 aliphatic rings. The molecule has 33 heavy (non-hydrogen) atoms. The van der Waals surface area contributed by atoms with Gasteiger partial charge in [0.15, 0.2) is 11.5 Å². The lowest BCUT2D eigenvalue weighted by molar-refractivity contribution is -0.124. The Morgan fingerprint density at radius 1 is 1.09 bits per heavy atom. The van der Waals surface area contributed by atoms with Gasteiger partial charge < -0.3 is 24.4 Å². The normalized spacial score (nSPS) is 18.8. The maximum Gasteiger partial charge on any atom is 0.254 e. The summed E-state index contributed by atoms with van der Waals surface area (Å²) in [5, 5.41) is 3.07. The van der Waals surface area contributed by atoms with Crippen molar-refractivity contribution in [1.29, 1.82) is 0 Å². The van der Waals surface area contributed by atoms with Gasteiger partial charge in [-0.05, 0) is 61.6 Å². The number of nitrogens with one attached hydrogen (secondary N) is 1. The Bertz CT molecular complexity index is 1020. The van der Waals surface area contributed by atoms with Crippen LogP contribution in [0.5, 0.6) is 11.5 Å². The Morgan fingerprint density at radius 3 is 2.55 bits per heavy atom. The lowest BCUT2D eigenvalue weighted by atomic mass is 9.75. The van der Waals surface area contributed by atoms with Crippen LogP contribution in [0.4, 0.5) is 0 Å². The van der Waals surface area contributed by atoms with Crippen LogP contribution in [0.2, 0.25) is 0 Å². The average Bonchev–Trinajstić information content (AvgIpc) is 2.82. The third-order valence-corrected chi connectivity index (χ3v) is 6.29. The van der Waals surface area contributed by atoms with E-state index >= 15 is 0 Å². The lowest BCUT2D eigenvalue weighted by Gasteiger charge is -2.45. The van der Waals surface area contributed by atoms with E-state index in [1.807, 2.05) is 55.1 Å². The van der Waals surface area contributed by atoms with Crippen LogP contribution in [0.3, 0.4) is 0 Å². The van der Waals surface area contributed by atoms with Crippen LogP contribution in [-0.4, -0.2) is 56.7 Å². The average molecular weight is 453 g/mol. The van der Waals surface area contributed by atoms with Crippen molar-refractivity contribution in [2.45, 2.75) is 38.6 Å². The van der Waals surface area contributed by atoms with E-state index in [1.165, 1.54) is 0 Å². The highest BCUT2D eigenvalue weighted by atomic mass is 16.5. The largest absolute Gasteiger partial charge is 0.490 e. The third-order valence-electron chi connectivity index (χ3n) is 6.29. The number of carbonyl (C=O) groups is 2. The Balaban J connectivity index is 1.79. The van der Waals surface area contributed by atoms with Crippen LogP contribution in [0.25, 0.3) is 0 Å². The molecule has 7 heteroatoms. The molecule has 1 N–H and O–H groups in total. The highest BCUT2D eigenvalue weighted by Crippen LogP contribution is 2.48. The zero-order valence-corrected chi connectivity index (χ0v) is 19.6. The fraction of sp³-hybridized carbons (Fsp3) is 0.462. The number of fused-ring (bicyclic) bond motifs is 4. The zero-order valence-electron chi connectivity index (χ0n) is 19.6. The summed E-state index contributed by atoms with van der Waals surface area (Å²) in [7, 11) is 1.65. The molecule has 0 aliphatic carbocycles. The van der Waals surface area contributed by atoms with E-state index in [9.17, 15) is 9.59 Å². The smallest absolute Gasteiger partial charge is 0.254 e. The minimum Gasteiger partial charge on any atom is -0.490 e. The van der Waals surface area contributed by atoms with Gasteiger partial charge in [-0.3, -0.25) is 9.59 Å². The van der Waals surface area contributed by atoms with Gasteiger partial charge in [-0.1, -0.05) is 18.2 Å². The van der Waals surface area contributed by atoms with Gasteiger partial charge in [0.05, 0.1) is 25.2 Å². The summed E-state index contributed by atoms with van der Waals surface area (Å²) in [6.07, 6.45) is 1.43. The molecule has 176 valence electrons. The van der Waals surface area contributed by atoms with Gasteiger partial charge in [-0.2, -0.15) is 0 Å². The molecule has 0 saturated heterocycles. The number of ether oxygens (including phenoxy) is 3.